The van der Waals surface area contributed by atoms with Crippen molar-refractivity contribution in [2.24, 2.45) is 0 Å². The lowest BCUT2D eigenvalue weighted by molar-refractivity contribution is 0.415. The number of H-pyrrole nitrogens is 1. The first-order valence-corrected chi connectivity index (χ1v) is 5.69. The Morgan fingerprint density at radius 1 is 1.24 bits per heavy atom. The third-order valence-corrected chi connectivity index (χ3v) is 3.14. The number of ether oxygens (including phenoxy) is 1. The molecule has 2 heterocycles. The number of methoxy groups -OCH3 is 1. The van der Waals surface area contributed by atoms with Crippen molar-refractivity contribution in [3.05, 3.63) is 35.1 Å². The molecule has 0 aliphatic rings. The predicted molar refractivity (Wildman–Crippen MR) is 69.9 cm³/mol. The first-order valence-electron chi connectivity index (χ1n) is 5.31. The first kappa shape index (κ1) is 10.4. The van der Waals surface area contributed by atoms with Crippen molar-refractivity contribution >= 4 is 33.4 Å². The lowest BCUT2D eigenvalue weighted by Gasteiger charge is -1.99. The highest BCUT2D eigenvalue weighted by molar-refractivity contribution is 6.30. The second-order valence-corrected chi connectivity index (χ2v) is 4.38. The number of rotatable bonds is 1. The fourth-order valence-electron chi connectivity index (χ4n) is 2.12. The van der Waals surface area contributed by atoms with E-state index in [1.807, 2.05) is 31.2 Å². The summed E-state index contributed by atoms with van der Waals surface area (Å²) in [4.78, 5) is 7.59. The van der Waals surface area contributed by atoms with Crippen molar-refractivity contribution in [3.63, 3.8) is 0 Å². The second-order valence-electron chi connectivity index (χ2n) is 3.99. The van der Waals surface area contributed by atoms with E-state index in [0.717, 1.165) is 33.2 Å². The molecule has 0 spiro atoms. The van der Waals surface area contributed by atoms with Crippen LogP contribution in [0, 0.1) is 6.92 Å². The molecule has 0 radical (unpaired) electrons. The van der Waals surface area contributed by atoms with E-state index in [-0.39, 0.29) is 0 Å². The van der Waals surface area contributed by atoms with Crippen molar-refractivity contribution in [2.45, 2.75) is 6.92 Å². The fraction of sp³-hybridized carbons (Fsp3) is 0.154. The molecule has 3 nitrogen and oxygen atoms in total. The Morgan fingerprint density at radius 2 is 2.06 bits per heavy atom. The lowest BCUT2D eigenvalue weighted by atomic mass is 10.1. The average molecular weight is 247 g/mol. The van der Waals surface area contributed by atoms with Crippen molar-refractivity contribution in [1.29, 1.82) is 0 Å². The molecule has 0 fully saturated rings. The summed E-state index contributed by atoms with van der Waals surface area (Å²) in [7, 11) is 1.66. The van der Waals surface area contributed by atoms with Gasteiger partial charge in [0.2, 0.25) is 0 Å². The van der Waals surface area contributed by atoms with E-state index in [0.29, 0.717) is 5.15 Å². The Kier molecular flexibility index (Phi) is 2.23. The van der Waals surface area contributed by atoms with E-state index in [1.54, 1.807) is 7.11 Å². The van der Waals surface area contributed by atoms with Crippen LogP contribution in [0.25, 0.3) is 21.8 Å². The van der Waals surface area contributed by atoms with Crippen LogP contribution in [0.2, 0.25) is 5.15 Å². The van der Waals surface area contributed by atoms with Gasteiger partial charge in [-0.05, 0) is 31.2 Å². The molecule has 4 heteroatoms. The van der Waals surface area contributed by atoms with Gasteiger partial charge >= 0.3 is 0 Å². The number of aromatic nitrogens is 2. The zero-order chi connectivity index (χ0) is 12.0. The molecule has 3 aromatic rings. The maximum Gasteiger partial charge on any atom is 0.130 e. The van der Waals surface area contributed by atoms with Gasteiger partial charge in [-0.2, -0.15) is 0 Å². The highest BCUT2D eigenvalue weighted by Crippen LogP contribution is 2.31. The van der Waals surface area contributed by atoms with Gasteiger partial charge in [-0.3, -0.25) is 0 Å². The van der Waals surface area contributed by atoms with Gasteiger partial charge in [0.15, 0.2) is 0 Å². The van der Waals surface area contributed by atoms with Crippen molar-refractivity contribution < 1.29 is 4.74 Å². The van der Waals surface area contributed by atoms with Gasteiger partial charge in [-0.25, -0.2) is 4.98 Å². The van der Waals surface area contributed by atoms with Gasteiger partial charge in [-0.1, -0.05) is 11.6 Å². The number of aryl methyl sites for hydroxylation is 1. The average Bonchev–Trinajstić information content (AvgIpc) is 2.67. The van der Waals surface area contributed by atoms with Gasteiger partial charge in [0, 0.05) is 16.3 Å². The van der Waals surface area contributed by atoms with E-state index in [4.69, 9.17) is 16.3 Å². The highest BCUT2D eigenvalue weighted by atomic mass is 35.5. The molecule has 0 amide bonds. The second kappa shape index (κ2) is 3.64. The highest BCUT2D eigenvalue weighted by Gasteiger charge is 2.09. The summed E-state index contributed by atoms with van der Waals surface area (Å²) in [6, 6.07) is 7.82. The zero-order valence-corrected chi connectivity index (χ0v) is 10.3. The van der Waals surface area contributed by atoms with E-state index in [9.17, 15) is 0 Å². The van der Waals surface area contributed by atoms with Crippen LogP contribution >= 0.6 is 11.6 Å². The van der Waals surface area contributed by atoms with Crippen LogP contribution in [-0.4, -0.2) is 17.1 Å². The number of nitrogens with zero attached hydrogens (tertiary/aromatic N) is 1. The van der Waals surface area contributed by atoms with E-state index >= 15 is 0 Å². The maximum atomic E-state index is 6.00. The summed E-state index contributed by atoms with van der Waals surface area (Å²) < 4.78 is 5.24. The number of pyridine rings is 1. The van der Waals surface area contributed by atoms with Crippen LogP contribution in [0.1, 0.15) is 5.69 Å². The molecule has 1 aromatic carbocycles. The SMILES string of the molecule is COc1ccc2[nH]c3c(C)nc(Cl)cc3c2c1. The van der Waals surface area contributed by atoms with Crippen LogP contribution in [-0.2, 0) is 0 Å². The Bertz CT molecular complexity index is 718. The standard InChI is InChI=1S/C13H11ClN2O/c1-7-13-10(6-12(14)15-7)9-5-8(17-2)3-4-11(9)16-13/h3-6,16H,1-2H3. The normalized spacial score (nSPS) is 11.2. The van der Waals surface area contributed by atoms with Gasteiger partial charge < -0.3 is 9.72 Å². The molecule has 0 aliphatic carbocycles. The van der Waals surface area contributed by atoms with Gasteiger partial charge in [0.1, 0.15) is 10.9 Å². The fourth-order valence-corrected chi connectivity index (χ4v) is 2.36. The van der Waals surface area contributed by atoms with Crippen molar-refractivity contribution in [3.8, 4) is 5.75 Å². The van der Waals surface area contributed by atoms with E-state index in [1.165, 1.54) is 0 Å². The number of fused-ring (bicyclic) bond motifs is 3. The topological polar surface area (TPSA) is 37.9 Å². The largest absolute Gasteiger partial charge is 0.497 e. The molecule has 0 bridgehead atoms. The van der Waals surface area contributed by atoms with Gasteiger partial charge in [-0.15, -0.1) is 0 Å². The molecule has 1 N–H and O–H groups in total. The monoisotopic (exact) mass is 246 g/mol. The molecular formula is C13H11ClN2O. The molecule has 3 rings (SSSR count). The van der Waals surface area contributed by atoms with Crippen LogP contribution in [0.3, 0.4) is 0 Å². The Balaban J connectivity index is 2.48. The number of aromatic amines is 1. The van der Waals surface area contributed by atoms with Crippen LogP contribution < -0.4 is 4.74 Å². The number of nitrogens with one attached hydrogen (secondary N) is 1. The van der Waals surface area contributed by atoms with Crippen molar-refractivity contribution in [2.75, 3.05) is 7.11 Å². The van der Waals surface area contributed by atoms with E-state index in [2.05, 4.69) is 9.97 Å². The summed E-state index contributed by atoms with van der Waals surface area (Å²) in [6.07, 6.45) is 0. The number of benzene rings is 1. The predicted octanol–water partition coefficient (Wildman–Crippen LogP) is 3.69. The summed E-state index contributed by atoms with van der Waals surface area (Å²) in [5.74, 6) is 0.837. The molecule has 0 unspecified atom stereocenters. The summed E-state index contributed by atoms with van der Waals surface area (Å²) in [6.45, 7) is 1.95. The zero-order valence-electron chi connectivity index (χ0n) is 9.54. The number of hydrogen-bond acceptors (Lipinski definition) is 2. The first-order chi connectivity index (χ1) is 8.19. The van der Waals surface area contributed by atoms with E-state index < -0.39 is 0 Å². The molecular weight excluding hydrogens is 236 g/mol. The molecule has 0 aliphatic heterocycles. The summed E-state index contributed by atoms with van der Waals surface area (Å²) in [5.41, 5.74) is 2.99. The molecule has 17 heavy (non-hydrogen) atoms. The Hall–Kier alpha value is -1.74. The third-order valence-electron chi connectivity index (χ3n) is 2.95. The van der Waals surface area contributed by atoms with Gasteiger partial charge in [0.05, 0.1) is 18.3 Å². The minimum absolute atomic E-state index is 0.513. The molecule has 2 aromatic heterocycles. The number of halogens is 1. The minimum atomic E-state index is 0.513. The van der Waals surface area contributed by atoms with Crippen LogP contribution in [0.4, 0.5) is 0 Å². The van der Waals surface area contributed by atoms with Crippen molar-refractivity contribution in [1.82, 2.24) is 9.97 Å². The lowest BCUT2D eigenvalue weighted by Crippen LogP contribution is -1.83. The molecule has 0 atom stereocenters. The molecule has 0 saturated carbocycles. The smallest absolute Gasteiger partial charge is 0.130 e. The quantitative estimate of drug-likeness (QED) is 0.665. The van der Waals surface area contributed by atoms with Crippen LogP contribution in [0.5, 0.6) is 5.75 Å². The number of hydrogen-bond donors (Lipinski definition) is 1. The minimum Gasteiger partial charge on any atom is -0.497 e. The van der Waals surface area contributed by atoms with Gasteiger partial charge in [0.25, 0.3) is 0 Å². The molecule has 0 saturated heterocycles. The Morgan fingerprint density at radius 3 is 2.82 bits per heavy atom. The molecule has 86 valence electrons. The summed E-state index contributed by atoms with van der Waals surface area (Å²) in [5, 5.41) is 2.70. The third kappa shape index (κ3) is 1.54. The van der Waals surface area contributed by atoms with Crippen LogP contribution in [0.15, 0.2) is 24.3 Å². The summed E-state index contributed by atoms with van der Waals surface area (Å²) >= 11 is 6.00. The Labute approximate surface area is 103 Å². The maximum absolute atomic E-state index is 6.00.